The lowest BCUT2D eigenvalue weighted by atomic mass is 10.0. The molecule has 0 atom stereocenters. The number of allylic oxidation sites excluding steroid dienone is 1. The van der Waals surface area contributed by atoms with E-state index in [0.717, 1.165) is 45.2 Å². The molecule has 0 radical (unpaired) electrons. The highest BCUT2D eigenvalue weighted by Crippen LogP contribution is 2.32. The van der Waals surface area contributed by atoms with E-state index in [1.165, 1.54) is 27.7 Å². The molecule has 0 aliphatic rings. The zero-order valence-corrected chi connectivity index (χ0v) is 25.4. The Morgan fingerprint density at radius 1 is 0.556 bits per heavy atom. The smallest absolute Gasteiger partial charge is 0.160 e. The number of fused-ring (bicyclic) bond motifs is 1. The van der Waals surface area contributed by atoms with Crippen LogP contribution in [0, 0.1) is 19.8 Å². The average Bonchev–Trinajstić information content (AvgIpc) is 3.40. The minimum absolute atomic E-state index is 0.724. The fourth-order valence-electron chi connectivity index (χ4n) is 5.76. The predicted molar refractivity (Wildman–Crippen MR) is 190 cm³/mol. The number of aryl methyl sites for hydroxylation is 1. The second-order valence-electron chi connectivity index (χ2n) is 10.7. The molecule has 0 saturated heterocycles. The van der Waals surface area contributed by atoms with Crippen molar-refractivity contribution in [1.29, 1.82) is 0 Å². The molecule has 3 heteroatoms. The average molecular weight is 580 g/mol. The van der Waals surface area contributed by atoms with Crippen LogP contribution >= 0.6 is 0 Å². The Kier molecular flexibility index (Phi) is 8.49. The van der Waals surface area contributed by atoms with E-state index in [1.54, 1.807) is 0 Å². The molecule has 0 aliphatic heterocycles. The van der Waals surface area contributed by atoms with Crippen molar-refractivity contribution in [2.45, 2.75) is 13.8 Å². The van der Waals surface area contributed by atoms with Gasteiger partial charge in [0.25, 0.3) is 0 Å². The van der Waals surface area contributed by atoms with Crippen LogP contribution in [-0.2, 0) is 0 Å². The molecule has 45 heavy (non-hydrogen) atoms. The highest BCUT2D eigenvalue weighted by atomic mass is 15.0. The summed E-state index contributed by atoms with van der Waals surface area (Å²) in [6.45, 7) is 4.27. The molecule has 0 unspecified atom stereocenters. The van der Waals surface area contributed by atoms with Gasteiger partial charge in [0.15, 0.2) is 5.82 Å². The summed E-state index contributed by atoms with van der Waals surface area (Å²) < 4.78 is 2.35. The first-order chi connectivity index (χ1) is 22.2. The molecule has 0 fully saturated rings. The summed E-state index contributed by atoms with van der Waals surface area (Å²) in [4.78, 5) is 9.90. The lowest BCUT2D eigenvalue weighted by molar-refractivity contribution is 1.10. The maximum Gasteiger partial charge on any atom is 0.160 e. The molecule has 3 nitrogen and oxygen atoms in total. The number of hydrogen-bond acceptors (Lipinski definition) is 2. The summed E-state index contributed by atoms with van der Waals surface area (Å²) in [6, 6.07) is 48.7. The quantitative estimate of drug-likeness (QED) is 0.184. The van der Waals surface area contributed by atoms with Crippen LogP contribution in [0.1, 0.15) is 18.2 Å². The fourth-order valence-corrected chi connectivity index (χ4v) is 5.76. The van der Waals surface area contributed by atoms with Crippen molar-refractivity contribution in [2.75, 3.05) is 0 Å². The van der Waals surface area contributed by atoms with Crippen molar-refractivity contribution in [2.24, 2.45) is 0 Å². The van der Waals surface area contributed by atoms with Crippen molar-refractivity contribution in [3.8, 4) is 63.6 Å². The van der Waals surface area contributed by atoms with Crippen LogP contribution in [0.4, 0.5) is 0 Å². The van der Waals surface area contributed by atoms with Gasteiger partial charge >= 0.3 is 0 Å². The number of terminal acetylenes is 1. The van der Waals surface area contributed by atoms with Crippen molar-refractivity contribution >= 4 is 17.0 Å². The number of nitrogens with zero attached hydrogens (tertiary/aromatic N) is 3. The molecule has 5 aromatic carbocycles. The Morgan fingerprint density at radius 2 is 1.04 bits per heavy atom. The third kappa shape index (κ3) is 5.83. The molecule has 0 bridgehead atoms. The van der Waals surface area contributed by atoms with Crippen molar-refractivity contribution in [3.63, 3.8) is 0 Å². The maximum absolute atomic E-state index is 4.98. The first-order valence-corrected chi connectivity index (χ1v) is 15.0. The van der Waals surface area contributed by atoms with Crippen LogP contribution in [-0.4, -0.2) is 14.5 Å². The van der Waals surface area contributed by atoms with Gasteiger partial charge in [-0.15, -0.1) is 12.8 Å². The van der Waals surface area contributed by atoms with Crippen LogP contribution in [0.15, 0.2) is 146 Å². The zero-order chi connectivity index (χ0) is 31.2. The predicted octanol–water partition coefficient (Wildman–Crippen LogP) is 10.7. The van der Waals surface area contributed by atoms with Gasteiger partial charge in [0.05, 0.1) is 16.9 Å². The van der Waals surface area contributed by atoms with E-state index in [4.69, 9.17) is 9.97 Å². The second-order valence-corrected chi connectivity index (χ2v) is 10.7. The molecule has 0 N–H and O–H groups in total. The van der Waals surface area contributed by atoms with E-state index in [9.17, 15) is 0 Å². The minimum Gasteiger partial charge on any atom is -0.310 e. The third-order valence-corrected chi connectivity index (χ3v) is 7.97. The molecule has 0 aliphatic carbocycles. The van der Waals surface area contributed by atoms with Crippen LogP contribution in [0.3, 0.4) is 0 Å². The normalized spacial score (nSPS) is 10.9. The lowest BCUT2D eigenvalue weighted by Gasteiger charge is -2.12. The zero-order valence-electron chi connectivity index (χ0n) is 25.4. The molecule has 0 spiro atoms. The van der Waals surface area contributed by atoms with Gasteiger partial charge in [-0.05, 0) is 60.9 Å². The van der Waals surface area contributed by atoms with E-state index >= 15 is 0 Å². The summed E-state index contributed by atoms with van der Waals surface area (Å²) >= 11 is 0. The number of benzene rings is 5. The van der Waals surface area contributed by atoms with Gasteiger partial charge in [0, 0.05) is 33.5 Å². The van der Waals surface area contributed by atoms with Gasteiger partial charge in [-0.3, -0.25) is 0 Å². The van der Waals surface area contributed by atoms with Crippen molar-refractivity contribution in [1.82, 2.24) is 14.5 Å². The van der Waals surface area contributed by atoms with Crippen molar-refractivity contribution in [3.05, 3.63) is 157 Å². The van der Waals surface area contributed by atoms with Crippen LogP contribution < -0.4 is 0 Å². The summed E-state index contributed by atoms with van der Waals surface area (Å²) in [5.74, 6) is 0.724. The van der Waals surface area contributed by atoms with Gasteiger partial charge in [-0.1, -0.05) is 121 Å². The number of hydrogen-bond donors (Lipinski definition) is 0. The highest BCUT2D eigenvalue weighted by molar-refractivity contribution is 5.90. The van der Waals surface area contributed by atoms with Crippen molar-refractivity contribution < 1.29 is 0 Å². The molecule has 7 rings (SSSR count). The van der Waals surface area contributed by atoms with E-state index in [-0.39, 0.29) is 0 Å². The van der Waals surface area contributed by atoms with Crippen LogP contribution in [0.25, 0.3) is 67.7 Å². The fraction of sp³-hybridized carbons (Fsp3) is 0.0476. The van der Waals surface area contributed by atoms with E-state index in [2.05, 4.69) is 147 Å². The van der Waals surface area contributed by atoms with E-state index in [0.29, 0.717) is 0 Å². The molecule has 216 valence electrons. The summed E-state index contributed by atoms with van der Waals surface area (Å²) in [6.07, 6.45) is 12.3. The Labute approximate surface area is 265 Å². The summed E-state index contributed by atoms with van der Waals surface area (Å²) in [7, 11) is 0. The Bertz CT molecular complexity index is 2040. The van der Waals surface area contributed by atoms with Crippen LogP contribution in [0.2, 0.25) is 0 Å². The Balaban J connectivity index is 0.00000175. The number of rotatable bonds is 6. The standard InChI is InChI=1S/C40H31N3.C2H2/c1-3-12-38-28(2)35-17-10-11-18-39(35)43(38)34-25-23-30(24-26-34)29-19-21-32(22-20-29)37-27-36(31-13-6-4-7-14-31)41-40(42-37)33-15-8-5-9-16-33;1-2/h3-27H,1-2H3;1-2H/b12-3-;. The number of aromatic nitrogens is 3. The van der Waals surface area contributed by atoms with Gasteiger partial charge in [-0.2, -0.15) is 0 Å². The molecular weight excluding hydrogens is 546 g/mol. The third-order valence-electron chi connectivity index (χ3n) is 7.97. The number of para-hydroxylation sites is 1. The minimum atomic E-state index is 0.724. The van der Waals surface area contributed by atoms with E-state index < -0.39 is 0 Å². The van der Waals surface area contributed by atoms with Crippen LogP contribution in [0.5, 0.6) is 0 Å². The molecule has 7 aromatic rings. The van der Waals surface area contributed by atoms with Gasteiger partial charge in [-0.25, -0.2) is 9.97 Å². The first-order valence-electron chi connectivity index (χ1n) is 15.0. The summed E-state index contributed by atoms with van der Waals surface area (Å²) in [5.41, 5.74) is 12.2. The van der Waals surface area contributed by atoms with E-state index in [1.807, 2.05) is 36.4 Å². The molecular formula is C42H33N3. The molecule has 0 saturated carbocycles. The first kappa shape index (κ1) is 29.1. The largest absolute Gasteiger partial charge is 0.310 e. The van der Waals surface area contributed by atoms with Gasteiger partial charge in [0.2, 0.25) is 0 Å². The SMILES string of the molecule is C#C.C/C=C\c1c(C)c2ccccc2n1-c1ccc(-c2ccc(-c3cc(-c4ccccc4)nc(-c4ccccc4)n3)cc2)cc1. The second kappa shape index (κ2) is 13.1. The highest BCUT2D eigenvalue weighted by Gasteiger charge is 2.14. The summed E-state index contributed by atoms with van der Waals surface area (Å²) in [5, 5.41) is 1.28. The molecule has 2 heterocycles. The monoisotopic (exact) mass is 579 g/mol. The Morgan fingerprint density at radius 3 is 1.64 bits per heavy atom. The van der Waals surface area contributed by atoms with Gasteiger partial charge < -0.3 is 4.57 Å². The molecule has 2 aromatic heterocycles. The lowest BCUT2D eigenvalue weighted by Crippen LogP contribution is -1.97. The molecule has 0 amide bonds. The van der Waals surface area contributed by atoms with Gasteiger partial charge in [0.1, 0.15) is 0 Å². The topological polar surface area (TPSA) is 30.7 Å². The Hall–Kier alpha value is -5.98. The maximum atomic E-state index is 4.98.